The Hall–Kier alpha value is -1.00. The zero-order valence-corrected chi connectivity index (χ0v) is 10.3. The van der Waals surface area contributed by atoms with Crippen LogP contribution >= 0.6 is 22.9 Å². The minimum absolute atomic E-state index is 0.632. The van der Waals surface area contributed by atoms with Crippen LogP contribution in [0.1, 0.15) is 17.7 Å². The van der Waals surface area contributed by atoms with Gasteiger partial charge in [0.15, 0.2) is 0 Å². The van der Waals surface area contributed by atoms with Gasteiger partial charge >= 0.3 is 0 Å². The van der Waals surface area contributed by atoms with Gasteiger partial charge in [-0.3, -0.25) is 0 Å². The van der Waals surface area contributed by atoms with Crippen molar-refractivity contribution in [3.05, 3.63) is 33.7 Å². The molecule has 1 saturated carbocycles. The zero-order valence-electron chi connectivity index (χ0n) is 8.69. The Kier molecular flexibility index (Phi) is 2.61. The van der Waals surface area contributed by atoms with Crippen molar-refractivity contribution in [3.8, 4) is 0 Å². The van der Waals surface area contributed by atoms with Crippen molar-refractivity contribution >= 4 is 28.9 Å². The molecule has 0 unspecified atom stereocenters. The number of nitrogens with zero attached hydrogens (tertiary/aromatic N) is 2. The fourth-order valence-corrected chi connectivity index (χ4v) is 2.68. The monoisotopic (exact) mass is 253 g/mol. The molecule has 0 atom stereocenters. The standard InChI is InChI=1S/C11H12ClN3S/c12-10-4-3-9(16-10)7-15-6-5-13-11(15)14-8-1-2-8/h3-6,8H,1-2,7H2,(H,13,14). The van der Waals surface area contributed by atoms with Crippen molar-refractivity contribution in [1.82, 2.24) is 9.55 Å². The molecule has 0 amide bonds. The molecule has 1 N–H and O–H groups in total. The molecule has 5 heteroatoms. The molecule has 2 aromatic rings. The van der Waals surface area contributed by atoms with Gasteiger partial charge < -0.3 is 9.88 Å². The van der Waals surface area contributed by atoms with E-state index < -0.39 is 0 Å². The molecule has 0 spiro atoms. The summed E-state index contributed by atoms with van der Waals surface area (Å²) in [5, 5.41) is 3.42. The number of anilines is 1. The van der Waals surface area contributed by atoms with E-state index in [1.807, 2.05) is 18.5 Å². The number of hydrogen-bond acceptors (Lipinski definition) is 3. The van der Waals surface area contributed by atoms with Crippen molar-refractivity contribution in [2.75, 3.05) is 5.32 Å². The summed E-state index contributed by atoms with van der Waals surface area (Å²) in [6.07, 6.45) is 6.35. The quantitative estimate of drug-likeness (QED) is 0.907. The summed E-state index contributed by atoms with van der Waals surface area (Å²) in [5.74, 6) is 0.965. The zero-order chi connectivity index (χ0) is 11.0. The fraction of sp³-hybridized carbons (Fsp3) is 0.364. The van der Waals surface area contributed by atoms with E-state index >= 15 is 0 Å². The fourth-order valence-electron chi connectivity index (χ4n) is 1.59. The van der Waals surface area contributed by atoms with Gasteiger partial charge in [0.25, 0.3) is 0 Å². The number of aromatic nitrogens is 2. The number of nitrogens with one attached hydrogen (secondary N) is 1. The normalized spacial score (nSPS) is 15.3. The van der Waals surface area contributed by atoms with E-state index in [-0.39, 0.29) is 0 Å². The first-order chi connectivity index (χ1) is 7.81. The highest BCUT2D eigenvalue weighted by molar-refractivity contribution is 7.16. The topological polar surface area (TPSA) is 29.9 Å². The molecular formula is C11H12ClN3S. The summed E-state index contributed by atoms with van der Waals surface area (Å²) in [4.78, 5) is 5.57. The van der Waals surface area contributed by atoms with Gasteiger partial charge in [-0.2, -0.15) is 0 Å². The Morgan fingerprint density at radius 2 is 2.38 bits per heavy atom. The van der Waals surface area contributed by atoms with Crippen LogP contribution in [0.2, 0.25) is 4.34 Å². The van der Waals surface area contributed by atoms with Crippen LogP contribution in [-0.2, 0) is 6.54 Å². The van der Waals surface area contributed by atoms with E-state index in [1.165, 1.54) is 17.7 Å². The molecule has 1 aliphatic rings. The predicted molar refractivity (Wildman–Crippen MR) is 67.3 cm³/mol. The highest BCUT2D eigenvalue weighted by Gasteiger charge is 2.22. The maximum atomic E-state index is 5.91. The van der Waals surface area contributed by atoms with Crippen molar-refractivity contribution < 1.29 is 0 Å². The molecule has 0 bridgehead atoms. The molecular weight excluding hydrogens is 242 g/mol. The Balaban J connectivity index is 1.75. The largest absolute Gasteiger partial charge is 0.353 e. The molecule has 2 aromatic heterocycles. The van der Waals surface area contributed by atoms with E-state index in [1.54, 1.807) is 11.3 Å². The Labute approximate surface area is 103 Å². The Morgan fingerprint density at radius 1 is 1.50 bits per heavy atom. The molecule has 2 heterocycles. The van der Waals surface area contributed by atoms with E-state index in [0.717, 1.165) is 16.8 Å². The molecule has 3 nitrogen and oxygen atoms in total. The van der Waals surface area contributed by atoms with Crippen LogP contribution in [0.5, 0.6) is 0 Å². The van der Waals surface area contributed by atoms with E-state index in [2.05, 4.69) is 20.9 Å². The average molecular weight is 254 g/mol. The SMILES string of the molecule is Clc1ccc(Cn2ccnc2NC2CC2)s1. The van der Waals surface area contributed by atoms with E-state index in [0.29, 0.717) is 6.04 Å². The van der Waals surface area contributed by atoms with Gasteiger partial charge in [-0.1, -0.05) is 11.6 Å². The van der Waals surface area contributed by atoms with Crippen LogP contribution in [0.25, 0.3) is 0 Å². The molecule has 84 valence electrons. The molecule has 0 aliphatic heterocycles. The molecule has 1 aliphatic carbocycles. The Morgan fingerprint density at radius 3 is 3.06 bits per heavy atom. The van der Waals surface area contributed by atoms with Crippen LogP contribution in [0.4, 0.5) is 5.95 Å². The lowest BCUT2D eigenvalue weighted by Gasteiger charge is -2.07. The van der Waals surface area contributed by atoms with E-state index in [9.17, 15) is 0 Å². The first-order valence-corrected chi connectivity index (χ1v) is 6.52. The number of imidazole rings is 1. The van der Waals surface area contributed by atoms with Gasteiger partial charge in [-0.25, -0.2) is 4.98 Å². The van der Waals surface area contributed by atoms with E-state index in [4.69, 9.17) is 11.6 Å². The minimum atomic E-state index is 0.632. The summed E-state index contributed by atoms with van der Waals surface area (Å²) >= 11 is 7.53. The lowest BCUT2D eigenvalue weighted by atomic mass is 10.4. The average Bonchev–Trinajstić information content (AvgIpc) is 2.82. The molecule has 0 saturated heterocycles. The minimum Gasteiger partial charge on any atom is -0.353 e. The van der Waals surface area contributed by atoms with Gasteiger partial charge in [-0.15, -0.1) is 11.3 Å². The number of hydrogen-bond donors (Lipinski definition) is 1. The molecule has 0 aromatic carbocycles. The number of thiophene rings is 1. The first kappa shape index (κ1) is 10.2. The summed E-state index contributed by atoms with van der Waals surface area (Å²) < 4.78 is 2.97. The molecule has 3 rings (SSSR count). The Bertz CT molecular complexity index is 487. The summed E-state index contributed by atoms with van der Waals surface area (Å²) in [6.45, 7) is 0.840. The summed E-state index contributed by atoms with van der Waals surface area (Å²) in [6, 6.07) is 4.63. The number of rotatable bonds is 4. The second-order valence-electron chi connectivity index (χ2n) is 4.00. The lowest BCUT2D eigenvalue weighted by molar-refractivity contribution is 0.808. The van der Waals surface area contributed by atoms with Crippen LogP contribution in [0.3, 0.4) is 0 Å². The van der Waals surface area contributed by atoms with Crippen molar-refractivity contribution in [1.29, 1.82) is 0 Å². The van der Waals surface area contributed by atoms with Crippen molar-refractivity contribution in [3.63, 3.8) is 0 Å². The summed E-state index contributed by atoms with van der Waals surface area (Å²) in [7, 11) is 0. The van der Waals surface area contributed by atoms with Crippen LogP contribution in [0, 0.1) is 0 Å². The maximum absolute atomic E-state index is 5.91. The second-order valence-corrected chi connectivity index (χ2v) is 5.80. The van der Waals surface area contributed by atoms with Gasteiger partial charge in [0.05, 0.1) is 10.9 Å². The highest BCUT2D eigenvalue weighted by Crippen LogP contribution is 2.26. The van der Waals surface area contributed by atoms with Crippen LogP contribution in [0.15, 0.2) is 24.5 Å². The van der Waals surface area contributed by atoms with Crippen LogP contribution in [-0.4, -0.2) is 15.6 Å². The van der Waals surface area contributed by atoms with Crippen molar-refractivity contribution in [2.45, 2.75) is 25.4 Å². The van der Waals surface area contributed by atoms with Gasteiger partial charge in [0.1, 0.15) is 0 Å². The first-order valence-electron chi connectivity index (χ1n) is 5.33. The van der Waals surface area contributed by atoms with Crippen LogP contribution < -0.4 is 5.32 Å². The van der Waals surface area contributed by atoms with Gasteiger partial charge in [0.2, 0.25) is 5.95 Å². The third-order valence-corrected chi connectivity index (χ3v) is 3.80. The molecule has 1 fully saturated rings. The number of halogens is 1. The second kappa shape index (κ2) is 4.11. The highest BCUT2D eigenvalue weighted by atomic mass is 35.5. The lowest BCUT2D eigenvalue weighted by Crippen LogP contribution is -2.09. The third kappa shape index (κ3) is 2.23. The predicted octanol–water partition coefficient (Wildman–Crippen LogP) is 3.22. The van der Waals surface area contributed by atoms with Crippen molar-refractivity contribution in [2.24, 2.45) is 0 Å². The molecule has 16 heavy (non-hydrogen) atoms. The maximum Gasteiger partial charge on any atom is 0.203 e. The third-order valence-electron chi connectivity index (χ3n) is 2.58. The summed E-state index contributed by atoms with van der Waals surface area (Å²) in [5.41, 5.74) is 0. The van der Waals surface area contributed by atoms with Gasteiger partial charge in [0, 0.05) is 23.3 Å². The smallest absolute Gasteiger partial charge is 0.203 e. The van der Waals surface area contributed by atoms with Gasteiger partial charge in [-0.05, 0) is 25.0 Å². The molecule has 0 radical (unpaired) electrons.